The van der Waals surface area contributed by atoms with Gasteiger partial charge >= 0.3 is 5.97 Å². The van der Waals surface area contributed by atoms with Crippen LogP contribution in [0.25, 0.3) is 21.9 Å². The number of allylic oxidation sites excluding steroid dienone is 1. The zero-order chi connectivity index (χ0) is 18.7. The number of amides is 1. The number of rotatable bonds is 5. The molecule has 6 nitrogen and oxygen atoms in total. The van der Waals surface area contributed by atoms with E-state index >= 15 is 0 Å². The normalized spacial score (nSPS) is 12.4. The van der Waals surface area contributed by atoms with Crippen molar-refractivity contribution in [1.82, 2.24) is 0 Å². The molecule has 6 heteroatoms. The van der Waals surface area contributed by atoms with Crippen LogP contribution in [0.3, 0.4) is 0 Å². The summed E-state index contributed by atoms with van der Waals surface area (Å²) < 4.78 is 16.3. The van der Waals surface area contributed by atoms with Gasteiger partial charge in [-0.2, -0.15) is 0 Å². The zero-order valence-corrected chi connectivity index (χ0v) is 14.7. The number of carbonyl (C=O) groups is 2. The first kappa shape index (κ1) is 17.5. The van der Waals surface area contributed by atoms with E-state index in [9.17, 15) is 9.59 Å². The van der Waals surface area contributed by atoms with E-state index in [1.54, 1.807) is 19.1 Å². The topological polar surface area (TPSA) is 77.8 Å². The Hall–Kier alpha value is -3.28. The van der Waals surface area contributed by atoms with E-state index in [1.807, 2.05) is 30.3 Å². The molecule has 0 saturated carbocycles. The van der Waals surface area contributed by atoms with Gasteiger partial charge in [-0.25, -0.2) is 4.79 Å². The Morgan fingerprint density at radius 3 is 2.65 bits per heavy atom. The first-order valence-electron chi connectivity index (χ1n) is 8.17. The van der Waals surface area contributed by atoms with E-state index < -0.39 is 18.0 Å². The molecule has 26 heavy (non-hydrogen) atoms. The van der Waals surface area contributed by atoms with Crippen LogP contribution in [-0.2, 0) is 14.3 Å². The third-order valence-electron chi connectivity index (χ3n) is 3.92. The fraction of sp³-hybridized carbons (Fsp3) is 0.200. The summed E-state index contributed by atoms with van der Waals surface area (Å²) in [5.74, 6) is -0.546. The highest BCUT2D eigenvalue weighted by molar-refractivity contribution is 6.08. The second kappa shape index (κ2) is 7.31. The van der Waals surface area contributed by atoms with E-state index in [0.717, 1.165) is 16.4 Å². The summed E-state index contributed by atoms with van der Waals surface area (Å²) in [6.45, 7) is 3.20. The standard InChI is InChI=1S/C20H19NO5/c1-4-7-19(22)25-12(2)20(23)21-15-11-17-14(10-18(15)24-3)13-8-5-6-9-16(13)26-17/h4-12H,1-3H3,(H,21,23). The largest absolute Gasteiger partial charge is 0.495 e. The minimum atomic E-state index is -0.949. The number of anilines is 1. The third-order valence-corrected chi connectivity index (χ3v) is 3.92. The first-order chi connectivity index (χ1) is 12.5. The Morgan fingerprint density at radius 1 is 1.15 bits per heavy atom. The predicted molar refractivity (Wildman–Crippen MR) is 99.3 cm³/mol. The van der Waals surface area contributed by atoms with E-state index in [-0.39, 0.29) is 0 Å². The average Bonchev–Trinajstić information content (AvgIpc) is 2.98. The van der Waals surface area contributed by atoms with Gasteiger partial charge in [-0.15, -0.1) is 0 Å². The van der Waals surface area contributed by atoms with Gasteiger partial charge in [0.25, 0.3) is 5.91 Å². The zero-order valence-electron chi connectivity index (χ0n) is 14.7. The number of para-hydroxylation sites is 1. The van der Waals surface area contributed by atoms with Gasteiger partial charge in [-0.1, -0.05) is 24.3 Å². The number of carbonyl (C=O) groups excluding carboxylic acids is 2. The van der Waals surface area contributed by atoms with E-state index in [2.05, 4.69) is 5.32 Å². The van der Waals surface area contributed by atoms with Crippen LogP contribution in [0.5, 0.6) is 5.75 Å². The van der Waals surface area contributed by atoms with Crippen LogP contribution in [-0.4, -0.2) is 25.1 Å². The molecule has 3 aromatic rings. The number of methoxy groups -OCH3 is 1. The second-order valence-corrected chi connectivity index (χ2v) is 5.72. The minimum absolute atomic E-state index is 0.443. The summed E-state index contributed by atoms with van der Waals surface area (Å²) >= 11 is 0. The molecule has 0 saturated heterocycles. The average molecular weight is 353 g/mol. The molecule has 134 valence electrons. The quantitative estimate of drug-likeness (QED) is 0.553. The monoisotopic (exact) mass is 353 g/mol. The first-order valence-corrected chi connectivity index (χ1v) is 8.17. The highest BCUT2D eigenvalue weighted by atomic mass is 16.5. The molecule has 0 fully saturated rings. The van der Waals surface area contributed by atoms with Crippen molar-refractivity contribution in [1.29, 1.82) is 0 Å². The molecule has 2 aromatic carbocycles. The maximum atomic E-state index is 12.3. The maximum absolute atomic E-state index is 12.3. The van der Waals surface area contributed by atoms with Crippen LogP contribution in [0.15, 0.2) is 53.0 Å². The van der Waals surface area contributed by atoms with Gasteiger partial charge in [0, 0.05) is 22.9 Å². The predicted octanol–water partition coefficient (Wildman–Crippen LogP) is 4.04. The van der Waals surface area contributed by atoms with Crippen molar-refractivity contribution in [3.63, 3.8) is 0 Å². The summed E-state index contributed by atoms with van der Waals surface area (Å²) in [6, 6.07) is 11.2. The molecule has 1 atom stereocenters. The molecular formula is C20H19NO5. The highest BCUT2D eigenvalue weighted by Crippen LogP contribution is 2.36. The van der Waals surface area contributed by atoms with Crippen LogP contribution < -0.4 is 10.1 Å². The Balaban J connectivity index is 1.90. The van der Waals surface area contributed by atoms with Gasteiger partial charge in [0.1, 0.15) is 16.9 Å². The Bertz CT molecular complexity index is 1000. The summed E-state index contributed by atoms with van der Waals surface area (Å²) in [5.41, 5.74) is 1.82. The van der Waals surface area contributed by atoms with Crippen LogP contribution in [0.4, 0.5) is 5.69 Å². The van der Waals surface area contributed by atoms with Crippen molar-refractivity contribution in [2.24, 2.45) is 0 Å². The van der Waals surface area contributed by atoms with E-state index in [0.29, 0.717) is 17.0 Å². The summed E-state index contributed by atoms with van der Waals surface area (Å²) in [6.07, 6.45) is 1.85. The third kappa shape index (κ3) is 3.39. The molecule has 0 radical (unpaired) electrons. The van der Waals surface area contributed by atoms with Crippen LogP contribution in [0, 0.1) is 0 Å². The number of fused-ring (bicyclic) bond motifs is 3. The SMILES string of the molecule is CC=CC(=O)OC(C)C(=O)Nc1cc2oc3ccccc3c2cc1OC. The Morgan fingerprint density at radius 2 is 1.92 bits per heavy atom. The molecule has 0 aliphatic rings. The van der Waals surface area contributed by atoms with Crippen molar-refractivity contribution in [2.75, 3.05) is 12.4 Å². The lowest BCUT2D eigenvalue weighted by molar-refractivity contribution is -0.148. The highest BCUT2D eigenvalue weighted by Gasteiger charge is 2.19. The number of esters is 1. The molecule has 0 spiro atoms. The second-order valence-electron chi connectivity index (χ2n) is 5.72. The lowest BCUT2D eigenvalue weighted by Gasteiger charge is -2.14. The number of ether oxygens (including phenoxy) is 2. The molecular weight excluding hydrogens is 334 g/mol. The fourth-order valence-electron chi connectivity index (χ4n) is 2.66. The number of nitrogens with one attached hydrogen (secondary N) is 1. The van der Waals surface area contributed by atoms with Crippen molar-refractivity contribution in [3.05, 3.63) is 48.6 Å². The number of benzene rings is 2. The molecule has 0 bridgehead atoms. The van der Waals surface area contributed by atoms with Gasteiger partial charge in [0.2, 0.25) is 0 Å². The minimum Gasteiger partial charge on any atom is -0.495 e. The lowest BCUT2D eigenvalue weighted by Crippen LogP contribution is -2.29. The number of furan rings is 1. The smallest absolute Gasteiger partial charge is 0.331 e. The Kier molecular flexibility index (Phi) is 4.93. The fourth-order valence-corrected chi connectivity index (χ4v) is 2.66. The van der Waals surface area contributed by atoms with Crippen molar-refractivity contribution in [2.45, 2.75) is 20.0 Å². The van der Waals surface area contributed by atoms with Crippen molar-refractivity contribution in [3.8, 4) is 5.75 Å². The summed E-state index contributed by atoms with van der Waals surface area (Å²) in [4.78, 5) is 23.8. The van der Waals surface area contributed by atoms with Crippen LogP contribution in [0.1, 0.15) is 13.8 Å². The Labute approximate surface area is 150 Å². The van der Waals surface area contributed by atoms with Gasteiger partial charge in [0.15, 0.2) is 6.10 Å². The van der Waals surface area contributed by atoms with Gasteiger partial charge < -0.3 is 19.2 Å². The van der Waals surface area contributed by atoms with Crippen LogP contribution in [0.2, 0.25) is 0 Å². The van der Waals surface area contributed by atoms with Crippen molar-refractivity contribution >= 4 is 39.5 Å². The number of hydrogen-bond donors (Lipinski definition) is 1. The molecule has 3 rings (SSSR count). The lowest BCUT2D eigenvalue weighted by atomic mass is 10.1. The van der Waals surface area contributed by atoms with E-state index in [4.69, 9.17) is 13.9 Å². The van der Waals surface area contributed by atoms with Gasteiger partial charge in [-0.05, 0) is 26.0 Å². The molecule has 1 aromatic heterocycles. The summed E-state index contributed by atoms with van der Waals surface area (Å²) in [5, 5.41) is 4.58. The molecule has 1 unspecified atom stereocenters. The molecule has 1 N–H and O–H groups in total. The van der Waals surface area contributed by atoms with Crippen molar-refractivity contribution < 1.29 is 23.5 Å². The van der Waals surface area contributed by atoms with Gasteiger partial charge in [0.05, 0.1) is 12.8 Å². The molecule has 1 heterocycles. The van der Waals surface area contributed by atoms with Crippen LogP contribution >= 0.6 is 0 Å². The number of hydrogen-bond acceptors (Lipinski definition) is 5. The molecule has 1 amide bonds. The van der Waals surface area contributed by atoms with E-state index in [1.165, 1.54) is 20.1 Å². The maximum Gasteiger partial charge on any atom is 0.331 e. The molecule has 0 aliphatic carbocycles. The van der Waals surface area contributed by atoms with Gasteiger partial charge in [-0.3, -0.25) is 4.79 Å². The summed E-state index contributed by atoms with van der Waals surface area (Å²) in [7, 11) is 1.52. The molecule has 0 aliphatic heterocycles.